The molecule has 0 aliphatic heterocycles. The van der Waals surface area contributed by atoms with Crippen molar-refractivity contribution in [1.82, 2.24) is 14.5 Å². The fourth-order valence-electron chi connectivity index (χ4n) is 2.10. The molecule has 0 aliphatic carbocycles. The third-order valence-electron chi connectivity index (χ3n) is 3.03. The molecule has 1 aromatic carbocycles. The highest BCUT2D eigenvalue weighted by Crippen LogP contribution is 2.23. The topological polar surface area (TPSA) is 33.6 Å². The first-order chi connectivity index (χ1) is 9.54. The minimum absolute atomic E-state index is 0.287. The van der Waals surface area contributed by atoms with Gasteiger partial charge in [0.2, 0.25) is 0 Å². The van der Waals surface area contributed by atoms with E-state index in [9.17, 15) is 4.39 Å². The van der Waals surface area contributed by atoms with E-state index in [4.69, 9.17) is 12.2 Å². The average molecular weight is 372 g/mol. The molecule has 7 heteroatoms. The van der Waals surface area contributed by atoms with Gasteiger partial charge in [0.1, 0.15) is 5.82 Å². The number of H-pyrrole nitrogens is 1. The molecule has 0 bridgehead atoms. The van der Waals surface area contributed by atoms with E-state index >= 15 is 0 Å². The number of imidazole rings is 1. The van der Waals surface area contributed by atoms with Crippen LogP contribution in [-0.2, 0) is 13.0 Å². The Labute approximate surface area is 132 Å². The molecule has 104 valence electrons. The number of rotatable bonds is 3. The molecule has 0 saturated carbocycles. The molecule has 0 spiro atoms. The summed E-state index contributed by atoms with van der Waals surface area (Å²) in [5.41, 5.74) is 2.64. The van der Waals surface area contributed by atoms with Crippen LogP contribution in [0.2, 0.25) is 0 Å². The van der Waals surface area contributed by atoms with Crippen LogP contribution in [0.1, 0.15) is 10.7 Å². The van der Waals surface area contributed by atoms with Gasteiger partial charge in [0, 0.05) is 30.1 Å². The zero-order chi connectivity index (χ0) is 14.3. The molecule has 2 heterocycles. The van der Waals surface area contributed by atoms with Crippen molar-refractivity contribution in [3.8, 4) is 0 Å². The first-order valence-electron chi connectivity index (χ1n) is 6.03. The quantitative estimate of drug-likeness (QED) is 0.682. The third-order valence-corrected chi connectivity index (χ3v) is 4.99. The van der Waals surface area contributed by atoms with Crippen molar-refractivity contribution < 1.29 is 4.39 Å². The van der Waals surface area contributed by atoms with E-state index in [-0.39, 0.29) is 5.82 Å². The van der Waals surface area contributed by atoms with E-state index < -0.39 is 0 Å². The van der Waals surface area contributed by atoms with E-state index in [1.165, 1.54) is 6.07 Å². The zero-order valence-electron chi connectivity index (χ0n) is 10.6. The van der Waals surface area contributed by atoms with Gasteiger partial charge in [-0.15, -0.1) is 11.3 Å². The van der Waals surface area contributed by atoms with Crippen molar-refractivity contribution in [2.24, 2.45) is 0 Å². The SMILES string of the molecule is Cc1csc(CCn2c(=S)[nH]c3cc(Br)c(F)cc32)n1. The Hall–Kier alpha value is -1.05. The normalized spacial score (nSPS) is 11.3. The van der Waals surface area contributed by atoms with E-state index in [0.717, 1.165) is 28.2 Å². The fraction of sp³-hybridized carbons (Fsp3) is 0.231. The zero-order valence-corrected chi connectivity index (χ0v) is 13.8. The summed E-state index contributed by atoms with van der Waals surface area (Å²) in [6, 6.07) is 3.21. The van der Waals surface area contributed by atoms with Gasteiger partial charge in [0.15, 0.2) is 4.77 Å². The summed E-state index contributed by atoms with van der Waals surface area (Å²) in [5.74, 6) is -0.287. The van der Waals surface area contributed by atoms with Crippen LogP contribution < -0.4 is 0 Å². The molecule has 0 radical (unpaired) electrons. The van der Waals surface area contributed by atoms with Gasteiger partial charge in [0.05, 0.1) is 20.5 Å². The molecule has 20 heavy (non-hydrogen) atoms. The van der Waals surface area contributed by atoms with Gasteiger partial charge < -0.3 is 9.55 Å². The summed E-state index contributed by atoms with van der Waals surface area (Å²) in [6.45, 7) is 2.66. The number of hydrogen-bond acceptors (Lipinski definition) is 3. The van der Waals surface area contributed by atoms with E-state index in [2.05, 4.69) is 25.9 Å². The third kappa shape index (κ3) is 2.57. The van der Waals surface area contributed by atoms with Crippen LogP contribution in [-0.4, -0.2) is 14.5 Å². The highest BCUT2D eigenvalue weighted by Gasteiger charge is 2.09. The molecular formula is C13H11BrFN3S2. The van der Waals surface area contributed by atoms with Gasteiger partial charge in [-0.05, 0) is 41.1 Å². The number of halogens is 2. The maximum Gasteiger partial charge on any atom is 0.178 e. The van der Waals surface area contributed by atoms with Crippen LogP contribution in [0.5, 0.6) is 0 Å². The van der Waals surface area contributed by atoms with Crippen molar-refractivity contribution in [3.63, 3.8) is 0 Å². The molecule has 1 N–H and O–H groups in total. The molecule has 0 saturated heterocycles. The number of nitrogens with zero attached hydrogens (tertiary/aromatic N) is 2. The van der Waals surface area contributed by atoms with Gasteiger partial charge in [-0.2, -0.15) is 0 Å². The lowest BCUT2D eigenvalue weighted by molar-refractivity contribution is 0.620. The van der Waals surface area contributed by atoms with Crippen molar-refractivity contribution in [2.45, 2.75) is 19.9 Å². The Bertz CT molecular complexity index is 834. The smallest absolute Gasteiger partial charge is 0.178 e. The van der Waals surface area contributed by atoms with Crippen LogP contribution in [0, 0.1) is 17.5 Å². The maximum atomic E-state index is 13.7. The summed E-state index contributed by atoms with van der Waals surface area (Å²) >= 11 is 10.1. The van der Waals surface area contributed by atoms with Crippen molar-refractivity contribution in [1.29, 1.82) is 0 Å². The summed E-state index contributed by atoms with van der Waals surface area (Å²) in [6.07, 6.45) is 0.789. The number of aromatic amines is 1. The van der Waals surface area contributed by atoms with Crippen molar-refractivity contribution in [2.75, 3.05) is 0 Å². The largest absolute Gasteiger partial charge is 0.331 e. The lowest BCUT2D eigenvalue weighted by Gasteiger charge is -2.03. The van der Waals surface area contributed by atoms with E-state index in [1.54, 1.807) is 17.4 Å². The Morgan fingerprint density at radius 2 is 2.30 bits per heavy atom. The second-order valence-corrected chi connectivity index (χ2v) is 6.68. The predicted molar refractivity (Wildman–Crippen MR) is 85.3 cm³/mol. The second kappa shape index (κ2) is 5.38. The Balaban J connectivity index is 1.96. The van der Waals surface area contributed by atoms with Crippen molar-refractivity contribution >= 4 is 50.5 Å². The first kappa shape index (κ1) is 13.9. The molecule has 0 aliphatic rings. The van der Waals surface area contributed by atoms with Gasteiger partial charge in [0.25, 0.3) is 0 Å². The van der Waals surface area contributed by atoms with E-state index in [0.29, 0.717) is 15.8 Å². The monoisotopic (exact) mass is 371 g/mol. The highest BCUT2D eigenvalue weighted by atomic mass is 79.9. The van der Waals surface area contributed by atoms with Crippen LogP contribution in [0.25, 0.3) is 11.0 Å². The minimum Gasteiger partial charge on any atom is -0.331 e. The summed E-state index contributed by atoms with van der Waals surface area (Å²) in [5, 5.41) is 3.09. The molecule has 3 aromatic rings. The Morgan fingerprint density at radius 3 is 3.00 bits per heavy atom. The maximum absolute atomic E-state index is 13.7. The first-order valence-corrected chi connectivity index (χ1v) is 8.11. The number of aromatic nitrogens is 3. The van der Waals surface area contributed by atoms with Gasteiger partial charge in [-0.25, -0.2) is 9.37 Å². The minimum atomic E-state index is -0.287. The average Bonchev–Trinajstić information content (AvgIpc) is 2.92. The van der Waals surface area contributed by atoms with Crippen molar-refractivity contribution in [3.05, 3.63) is 43.3 Å². The van der Waals surface area contributed by atoms with Crippen LogP contribution in [0.3, 0.4) is 0 Å². The molecule has 0 amide bonds. The number of aryl methyl sites for hydroxylation is 3. The summed E-state index contributed by atoms with van der Waals surface area (Å²) < 4.78 is 16.6. The molecule has 2 aromatic heterocycles. The Morgan fingerprint density at radius 1 is 1.50 bits per heavy atom. The fourth-order valence-corrected chi connectivity index (χ4v) is 3.51. The number of thiazole rings is 1. The molecular weight excluding hydrogens is 361 g/mol. The van der Waals surface area contributed by atoms with E-state index in [1.807, 2.05) is 16.9 Å². The molecule has 3 nitrogen and oxygen atoms in total. The molecule has 0 unspecified atom stereocenters. The number of hydrogen-bond donors (Lipinski definition) is 1. The Kier molecular flexibility index (Phi) is 3.74. The number of fused-ring (bicyclic) bond motifs is 1. The summed E-state index contributed by atoms with van der Waals surface area (Å²) in [4.78, 5) is 7.53. The lowest BCUT2D eigenvalue weighted by atomic mass is 10.3. The predicted octanol–water partition coefficient (Wildman–Crippen LogP) is 4.61. The van der Waals surface area contributed by atoms with Crippen LogP contribution in [0.4, 0.5) is 4.39 Å². The number of nitrogens with one attached hydrogen (secondary N) is 1. The van der Waals surface area contributed by atoms with Gasteiger partial charge in [-0.3, -0.25) is 0 Å². The summed E-state index contributed by atoms with van der Waals surface area (Å²) in [7, 11) is 0. The molecule has 0 atom stereocenters. The lowest BCUT2D eigenvalue weighted by Crippen LogP contribution is -2.01. The molecule has 3 rings (SSSR count). The molecule has 0 fully saturated rings. The van der Waals surface area contributed by atoms with Gasteiger partial charge >= 0.3 is 0 Å². The van der Waals surface area contributed by atoms with Crippen LogP contribution >= 0.6 is 39.5 Å². The highest BCUT2D eigenvalue weighted by molar-refractivity contribution is 9.10. The standard InChI is InChI=1S/C13H11BrFN3S2/c1-7-6-20-12(16-7)2-3-18-11-5-9(15)8(14)4-10(11)17-13(18)19/h4-6H,2-3H2,1H3,(H,17,19). The van der Waals surface area contributed by atoms with Crippen LogP contribution in [0.15, 0.2) is 22.0 Å². The van der Waals surface area contributed by atoms with Gasteiger partial charge in [-0.1, -0.05) is 0 Å². The number of benzene rings is 1. The second-order valence-electron chi connectivity index (χ2n) is 4.50.